The SMILES string of the molecule is COc1cccc(CC(=O)N2CCC(c3nn(C)c(=O)n3C3CC3)CC2)c1. The van der Waals surface area contributed by atoms with Gasteiger partial charge in [-0.05, 0) is 43.4 Å². The summed E-state index contributed by atoms with van der Waals surface area (Å²) in [6.45, 7) is 1.42. The van der Waals surface area contributed by atoms with Gasteiger partial charge in [-0.1, -0.05) is 12.1 Å². The molecule has 144 valence electrons. The van der Waals surface area contributed by atoms with Crippen molar-refractivity contribution in [3.63, 3.8) is 0 Å². The van der Waals surface area contributed by atoms with Gasteiger partial charge < -0.3 is 9.64 Å². The molecular formula is C20H26N4O3. The Balaban J connectivity index is 1.40. The van der Waals surface area contributed by atoms with Crippen LogP contribution in [0.2, 0.25) is 0 Å². The molecule has 27 heavy (non-hydrogen) atoms. The molecule has 0 radical (unpaired) electrons. The van der Waals surface area contributed by atoms with Crippen LogP contribution in [0.25, 0.3) is 0 Å². The maximum absolute atomic E-state index is 12.7. The van der Waals surface area contributed by atoms with E-state index in [1.807, 2.05) is 33.7 Å². The van der Waals surface area contributed by atoms with Gasteiger partial charge in [-0.25, -0.2) is 9.48 Å². The van der Waals surface area contributed by atoms with Crippen LogP contribution in [-0.2, 0) is 18.3 Å². The number of hydrogen-bond donors (Lipinski definition) is 0. The van der Waals surface area contributed by atoms with E-state index in [0.717, 1.165) is 42.8 Å². The highest BCUT2D eigenvalue weighted by atomic mass is 16.5. The summed E-state index contributed by atoms with van der Waals surface area (Å²) in [6, 6.07) is 7.98. The minimum Gasteiger partial charge on any atom is -0.497 e. The maximum Gasteiger partial charge on any atom is 0.345 e. The lowest BCUT2D eigenvalue weighted by atomic mass is 9.95. The number of aryl methyl sites for hydroxylation is 1. The summed E-state index contributed by atoms with van der Waals surface area (Å²) in [6.07, 6.45) is 4.23. The molecule has 1 aromatic carbocycles. The van der Waals surface area contributed by atoms with Gasteiger partial charge in [-0.15, -0.1) is 0 Å². The van der Waals surface area contributed by atoms with Crippen LogP contribution in [0, 0.1) is 0 Å². The molecule has 1 saturated heterocycles. The van der Waals surface area contributed by atoms with Gasteiger partial charge in [0.05, 0.1) is 13.5 Å². The van der Waals surface area contributed by atoms with Crippen molar-refractivity contribution >= 4 is 5.91 Å². The molecule has 1 saturated carbocycles. The van der Waals surface area contributed by atoms with E-state index in [1.165, 1.54) is 4.68 Å². The van der Waals surface area contributed by atoms with Gasteiger partial charge in [0.25, 0.3) is 0 Å². The summed E-state index contributed by atoms with van der Waals surface area (Å²) in [4.78, 5) is 26.9. The van der Waals surface area contributed by atoms with E-state index in [2.05, 4.69) is 5.10 Å². The number of amides is 1. The van der Waals surface area contributed by atoms with Crippen LogP contribution in [0.5, 0.6) is 5.75 Å². The second-order valence-electron chi connectivity index (χ2n) is 7.55. The van der Waals surface area contributed by atoms with E-state index in [4.69, 9.17) is 4.74 Å². The van der Waals surface area contributed by atoms with Crippen molar-refractivity contribution in [3.05, 3.63) is 46.1 Å². The Bertz CT molecular complexity index is 889. The van der Waals surface area contributed by atoms with Crippen LogP contribution in [-0.4, -0.2) is 45.4 Å². The monoisotopic (exact) mass is 370 g/mol. The van der Waals surface area contributed by atoms with E-state index in [1.54, 1.807) is 14.2 Å². The minimum atomic E-state index is -0.0102. The highest BCUT2D eigenvalue weighted by molar-refractivity contribution is 5.79. The van der Waals surface area contributed by atoms with Crippen molar-refractivity contribution in [2.24, 2.45) is 7.05 Å². The van der Waals surface area contributed by atoms with Gasteiger partial charge in [0.1, 0.15) is 11.6 Å². The highest BCUT2D eigenvalue weighted by Crippen LogP contribution is 2.37. The first kappa shape index (κ1) is 17.8. The van der Waals surface area contributed by atoms with Gasteiger partial charge in [-0.3, -0.25) is 9.36 Å². The first-order chi connectivity index (χ1) is 13.1. The molecule has 0 spiro atoms. The fourth-order valence-corrected chi connectivity index (χ4v) is 3.91. The quantitative estimate of drug-likeness (QED) is 0.806. The second-order valence-corrected chi connectivity index (χ2v) is 7.55. The Kier molecular flexibility index (Phi) is 4.76. The first-order valence-electron chi connectivity index (χ1n) is 9.63. The molecule has 7 heteroatoms. The van der Waals surface area contributed by atoms with E-state index in [0.29, 0.717) is 25.6 Å². The number of ether oxygens (including phenoxy) is 1. The molecule has 4 rings (SSSR count). The number of benzene rings is 1. The van der Waals surface area contributed by atoms with Crippen LogP contribution < -0.4 is 10.4 Å². The van der Waals surface area contributed by atoms with E-state index in [-0.39, 0.29) is 17.5 Å². The molecule has 1 aliphatic heterocycles. The van der Waals surface area contributed by atoms with Crippen molar-refractivity contribution in [3.8, 4) is 5.75 Å². The van der Waals surface area contributed by atoms with Crippen molar-refractivity contribution in [2.75, 3.05) is 20.2 Å². The predicted octanol–water partition coefficient (Wildman–Crippen LogP) is 1.87. The van der Waals surface area contributed by atoms with Crippen LogP contribution in [0.1, 0.15) is 49.0 Å². The molecule has 2 aliphatic rings. The number of carbonyl (C=O) groups is 1. The predicted molar refractivity (Wildman–Crippen MR) is 101 cm³/mol. The summed E-state index contributed by atoms with van der Waals surface area (Å²) < 4.78 is 8.57. The zero-order chi connectivity index (χ0) is 19.0. The Morgan fingerprint density at radius 3 is 2.63 bits per heavy atom. The Morgan fingerprint density at radius 1 is 1.22 bits per heavy atom. The molecule has 1 aliphatic carbocycles. The number of nitrogens with zero attached hydrogens (tertiary/aromatic N) is 4. The topological polar surface area (TPSA) is 69.4 Å². The van der Waals surface area contributed by atoms with Gasteiger partial charge in [0, 0.05) is 32.1 Å². The zero-order valence-electron chi connectivity index (χ0n) is 15.9. The smallest absolute Gasteiger partial charge is 0.345 e. The lowest BCUT2D eigenvalue weighted by Crippen LogP contribution is -2.39. The summed E-state index contributed by atoms with van der Waals surface area (Å²) in [7, 11) is 3.35. The minimum absolute atomic E-state index is 0.0102. The standard InChI is InChI=1S/C20H26N4O3/c1-22-20(26)24(16-6-7-16)19(21-22)15-8-10-23(11-9-15)18(25)13-14-4-3-5-17(12-14)27-2/h3-5,12,15-16H,6-11,13H2,1-2H3. The molecule has 7 nitrogen and oxygen atoms in total. The number of rotatable bonds is 5. The van der Waals surface area contributed by atoms with Crippen molar-refractivity contribution in [1.82, 2.24) is 19.2 Å². The third kappa shape index (κ3) is 3.63. The number of carbonyl (C=O) groups excluding carboxylic acids is 1. The highest BCUT2D eigenvalue weighted by Gasteiger charge is 2.34. The average molecular weight is 370 g/mol. The zero-order valence-corrected chi connectivity index (χ0v) is 15.9. The summed E-state index contributed by atoms with van der Waals surface area (Å²) in [5.74, 6) is 2.07. The molecule has 2 heterocycles. The third-order valence-electron chi connectivity index (χ3n) is 5.60. The van der Waals surface area contributed by atoms with Crippen molar-refractivity contribution in [2.45, 2.75) is 44.1 Å². The third-order valence-corrected chi connectivity index (χ3v) is 5.60. The van der Waals surface area contributed by atoms with Crippen molar-refractivity contribution in [1.29, 1.82) is 0 Å². The lowest BCUT2D eigenvalue weighted by molar-refractivity contribution is -0.131. The Labute approximate surface area is 158 Å². The lowest BCUT2D eigenvalue weighted by Gasteiger charge is -2.31. The van der Waals surface area contributed by atoms with Crippen LogP contribution in [0.15, 0.2) is 29.1 Å². The molecule has 0 atom stereocenters. The number of likely N-dealkylation sites (tertiary alicyclic amines) is 1. The van der Waals surface area contributed by atoms with Gasteiger partial charge >= 0.3 is 5.69 Å². The molecule has 1 aromatic heterocycles. The van der Waals surface area contributed by atoms with Gasteiger partial charge in [-0.2, -0.15) is 5.10 Å². The summed E-state index contributed by atoms with van der Waals surface area (Å²) in [5.41, 5.74) is 0.956. The molecule has 0 N–H and O–H groups in total. The molecule has 1 amide bonds. The van der Waals surface area contributed by atoms with E-state index < -0.39 is 0 Å². The van der Waals surface area contributed by atoms with Crippen LogP contribution >= 0.6 is 0 Å². The van der Waals surface area contributed by atoms with E-state index >= 15 is 0 Å². The number of methoxy groups -OCH3 is 1. The molecule has 2 aromatic rings. The van der Waals surface area contributed by atoms with E-state index in [9.17, 15) is 9.59 Å². The maximum atomic E-state index is 12.7. The number of aromatic nitrogens is 3. The summed E-state index contributed by atoms with van der Waals surface area (Å²) in [5, 5.41) is 4.50. The molecular weight excluding hydrogens is 344 g/mol. The largest absolute Gasteiger partial charge is 0.497 e. The molecule has 0 unspecified atom stereocenters. The normalized spacial score (nSPS) is 17.9. The fourth-order valence-electron chi connectivity index (χ4n) is 3.91. The number of hydrogen-bond acceptors (Lipinski definition) is 4. The molecule has 0 bridgehead atoms. The van der Waals surface area contributed by atoms with Gasteiger partial charge in [0.2, 0.25) is 5.91 Å². The molecule has 2 fully saturated rings. The Morgan fingerprint density at radius 2 is 1.96 bits per heavy atom. The summed E-state index contributed by atoms with van der Waals surface area (Å²) >= 11 is 0. The van der Waals surface area contributed by atoms with Gasteiger partial charge in [0.15, 0.2) is 0 Å². The number of piperidine rings is 1. The van der Waals surface area contributed by atoms with Crippen LogP contribution in [0.4, 0.5) is 0 Å². The average Bonchev–Trinajstić information content (AvgIpc) is 3.48. The van der Waals surface area contributed by atoms with Crippen LogP contribution in [0.3, 0.4) is 0 Å². The Hall–Kier alpha value is -2.57. The fraction of sp³-hybridized carbons (Fsp3) is 0.550. The second kappa shape index (κ2) is 7.21. The first-order valence-corrected chi connectivity index (χ1v) is 9.63. The van der Waals surface area contributed by atoms with Crippen molar-refractivity contribution < 1.29 is 9.53 Å².